The van der Waals surface area contributed by atoms with E-state index in [1.54, 1.807) is 6.07 Å². The number of nitrogens with one attached hydrogen (secondary N) is 1. The summed E-state index contributed by atoms with van der Waals surface area (Å²) >= 11 is 11.9. The number of benzene rings is 2. The maximum Gasteiger partial charge on any atom is 0.271 e. The molecule has 1 unspecified atom stereocenters. The van der Waals surface area contributed by atoms with Gasteiger partial charge in [0.2, 0.25) is 15.9 Å². The van der Waals surface area contributed by atoms with Crippen LogP contribution in [0.2, 0.25) is 10.0 Å². The van der Waals surface area contributed by atoms with Gasteiger partial charge in [0.05, 0.1) is 39.4 Å². The van der Waals surface area contributed by atoms with Crippen molar-refractivity contribution in [2.24, 2.45) is 5.92 Å². The molecule has 2 aromatic rings. The molecule has 0 bridgehead atoms. The summed E-state index contributed by atoms with van der Waals surface area (Å²) in [7, 11) is -2.31. The van der Waals surface area contributed by atoms with Crippen LogP contribution in [0.15, 0.2) is 36.4 Å². The second kappa shape index (κ2) is 10.0. The number of ether oxygens (including phenoxy) is 1. The van der Waals surface area contributed by atoms with E-state index in [4.69, 9.17) is 27.9 Å². The molecule has 1 aliphatic rings. The number of anilines is 1. The van der Waals surface area contributed by atoms with E-state index in [0.717, 1.165) is 0 Å². The normalized spacial score (nSPS) is 17.0. The largest absolute Gasteiger partial charge is 0.495 e. The van der Waals surface area contributed by atoms with E-state index < -0.39 is 26.8 Å². The van der Waals surface area contributed by atoms with Crippen LogP contribution < -0.4 is 10.1 Å². The highest BCUT2D eigenvalue weighted by Crippen LogP contribution is 2.31. The van der Waals surface area contributed by atoms with Crippen molar-refractivity contribution >= 4 is 50.5 Å². The third-order valence-corrected chi connectivity index (χ3v) is 7.69. The number of rotatable bonds is 7. The molecule has 2 aromatic carbocycles. The fourth-order valence-corrected chi connectivity index (χ4v) is 5.40. The number of hydrogen-bond acceptors (Lipinski definition) is 6. The van der Waals surface area contributed by atoms with Crippen LogP contribution in [0.3, 0.4) is 0 Å². The van der Waals surface area contributed by atoms with Crippen LogP contribution in [-0.2, 0) is 20.6 Å². The van der Waals surface area contributed by atoms with Crippen molar-refractivity contribution < 1.29 is 22.9 Å². The lowest BCUT2D eigenvalue weighted by molar-refractivity contribution is -0.384. The molecule has 32 heavy (non-hydrogen) atoms. The van der Waals surface area contributed by atoms with Crippen LogP contribution in [-0.4, -0.2) is 43.8 Å². The second-order valence-electron chi connectivity index (χ2n) is 7.33. The van der Waals surface area contributed by atoms with Crippen molar-refractivity contribution in [3.05, 3.63) is 62.1 Å². The number of carbonyl (C=O) groups excluding carboxylic acids is 1. The van der Waals surface area contributed by atoms with Gasteiger partial charge in [0.1, 0.15) is 5.75 Å². The topological polar surface area (TPSA) is 119 Å². The van der Waals surface area contributed by atoms with Gasteiger partial charge < -0.3 is 10.1 Å². The van der Waals surface area contributed by atoms with Gasteiger partial charge in [-0.3, -0.25) is 14.9 Å². The highest BCUT2D eigenvalue weighted by atomic mass is 35.5. The van der Waals surface area contributed by atoms with Crippen molar-refractivity contribution in [2.75, 3.05) is 25.5 Å². The zero-order chi connectivity index (χ0) is 23.5. The maximum absolute atomic E-state index is 12.9. The van der Waals surface area contributed by atoms with Gasteiger partial charge in [-0.2, -0.15) is 0 Å². The van der Waals surface area contributed by atoms with Gasteiger partial charge in [0.25, 0.3) is 5.69 Å². The molecular weight excluding hydrogens is 481 g/mol. The summed E-state index contributed by atoms with van der Waals surface area (Å²) in [6, 6.07) is 8.50. The first kappa shape index (κ1) is 24.2. The molecular formula is C20H21Cl2N3O6S. The monoisotopic (exact) mass is 501 g/mol. The summed E-state index contributed by atoms with van der Waals surface area (Å²) in [6.45, 7) is 0.306. The van der Waals surface area contributed by atoms with Gasteiger partial charge in [0.15, 0.2) is 0 Å². The number of methoxy groups -OCH3 is 1. The number of sulfonamides is 1. The van der Waals surface area contributed by atoms with E-state index in [9.17, 15) is 23.3 Å². The molecule has 12 heteroatoms. The fourth-order valence-electron chi connectivity index (χ4n) is 3.48. The molecule has 1 atom stereocenters. The van der Waals surface area contributed by atoms with E-state index in [1.165, 1.54) is 41.7 Å². The zero-order valence-electron chi connectivity index (χ0n) is 17.1. The van der Waals surface area contributed by atoms with Crippen LogP contribution in [0.4, 0.5) is 11.4 Å². The number of nitrogens with zero attached hydrogens (tertiary/aromatic N) is 2. The lowest BCUT2D eigenvalue weighted by Gasteiger charge is -2.31. The Morgan fingerprint density at radius 3 is 2.66 bits per heavy atom. The Hall–Kier alpha value is -2.40. The Morgan fingerprint density at radius 1 is 1.25 bits per heavy atom. The van der Waals surface area contributed by atoms with Crippen molar-refractivity contribution in [1.29, 1.82) is 0 Å². The number of nitro groups is 1. The molecule has 1 amide bonds. The van der Waals surface area contributed by atoms with Gasteiger partial charge in [-0.05, 0) is 36.6 Å². The summed E-state index contributed by atoms with van der Waals surface area (Å²) in [5.74, 6) is -1.05. The fraction of sp³-hybridized carbons (Fsp3) is 0.350. The molecule has 1 aliphatic heterocycles. The van der Waals surface area contributed by atoms with Crippen LogP contribution in [0, 0.1) is 16.0 Å². The molecule has 0 aromatic heterocycles. The van der Waals surface area contributed by atoms with Crippen LogP contribution >= 0.6 is 23.2 Å². The molecule has 0 saturated carbocycles. The number of non-ortho nitro benzene ring substituents is 1. The smallest absolute Gasteiger partial charge is 0.271 e. The Kier molecular flexibility index (Phi) is 7.60. The van der Waals surface area contributed by atoms with E-state index in [0.29, 0.717) is 30.0 Å². The number of halogens is 2. The predicted octanol–water partition coefficient (Wildman–Crippen LogP) is 4.09. The van der Waals surface area contributed by atoms with Gasteiger partial charge in [-0.25, -0.2) is 12.7 Å². The summed E-state index contributed by atoms with van der Waals surface area (Å²) < 4.78 is 32.3. The van der Waals surface area contributed by atoms with E-state index in [1.807, 2.05) is 0 Å². The Morgan fingerprint density at radius 2 is 2.00 bits per heavy atom. The third kappa shape index (κ3) is 5.69. The highest BCUT2D eigenvalue weighted by Gasteiger charge is 2.33. The number of nitro benzene ring substituents is 1. The first-order valence-corrected chi connectivity index (χ1v) is 12.0. The molecule has 1 heterocycles. The standard InChI is InChI=1S/C20H21Cl2N3O6S/c1-31-19-7-5-15(25(27)28)10-18(19)23-20(26)14-3-2-8-24(11-14)32(29,30)12-13-4-6-16(21)17(22)9-13/h4-7,9-10,14H,2-3,8,11-12H2,1H3,(H,23,26). The quantitative estimate of drug-likeness (QED) is 0.450. The molecule has 3 rings (SSSR count). The third-order valence-electron chi connectivity index (χ3n) is 5.13. The minimum atomic E-state index is -3.70. The van der Waals surface area contributed by atoms with Crippen molar-refractivity contribution in [1.82, 2.24) is 4.31 Å². The number of amides is 1. The lowest BCUT2D eigenvalue weighted by atomic mass is 9.98. The second-order valence-corrected chi connectivity index (χ2v) is 10.1. The average molecular weight is 502 g/mol. The SMILES string of the molecule is COc1ccc([N+](=O)[O-])cc1NC(=O)C1CCCN(S(=O)(=O)Cc2ccc(Cl)c(Cl)c2)C1. The van der Waals surface area contributed by atoms with Gasteiger partial charge in [-0.15, -0.1) is 0 Å². The summed E-state index contributed by atoms with van der Waals surface area (Å²) in [5.41, 5.74) is 0.449. The van der Waals surface area contributed by atoms with E-state index in [2.05, 4.69) is 5.32 Å². The lowest BCUT2D eigenvalue weighted by Crippen LogP contribution is -2.44. The average Bonchev–Trinajstić information content (AvgIpc) is 2.76. The van der Waals surface area contributed by atoms with Gasteiger partial charge >= 0.3 is 0 Å². The van der Waals surface area contributed by atoms with Gasteiger partial charge in [-0.1, -0.05) is 29.3 Å². The molecule has 0 aliphatic carbocycles. The van der Waals surface area contributed by atoms with Crippen LogP contribution in [0.1, 0.15) is 18.4 Å². The van der Waals surface area contributed by atoms with E-state index in [-0.39, 0.29) is 34.4 Å². The van der Waals surface area contributed by atoms with Crippen LogP contribution in [0.25, 0.3) is 0 Å². The first-order chi connectivity index (χ1) is 15.1. The minimum Gasteiger partial charge on any atom is -0.495 e. The van der Waals surface area contributed by atoms with Gasteiger partial charge in [0, 0.05) is 25.2 Å². The Labute approximate surface area is 195 Å². The predicted molar refractivity (Wildman–Crippen MR) is 122 cm³/mol. The Balaban J connectivity index is 1.72. The molecule has 0 spiro atoms. The van der Waals surface area contributed by atoms with Crippen molar-refractivity contribution in [3.63, 3.8) is 0 Å². The molecule has 1 fully saturated rings. The molecule has 1 N–H and O–H groups in total. The molecule has 0 radical (unpaired) electrons. The zero-order valence-corrected chi connectivity index (χ0v) is 19.4. The number of hydrogen-bond donors (Lipinski definition) is 1. The van der Waals surface area contributed by atoms with Crippen molar-refractivity contribution in [2.45, 2.75) is 18.6 Å². The van der Waals surface area contributed by atoms with Crippen LogP contribution in [0.5, 0.6) is 5.75 Å². The van der Waals surface area contributed by atoms with E-state index >= 15 is 0 Å². The maximum atomic E-state index is 12.9. The van der Waals surface area contributed by atoms with Crippen molar-refractivity contribution in [3.8, 4) is 5.75 Å². The summed E-state index contributed by atoms with van der Waals surface area (Å²) in [6.07, 6.45) is 0.993. The Bertz CT molecular complexity index is 1140. The molecule has 9 nitrogen and oxygen atoms in total. The molecule has 1 saturated heterocycles. The highest BCUT2D eigenvalue weighted by molar-refractivity contribution is 7.88. The molecule has 172 valence electrons. The summed E-state index contributed by atoms with van der Waals surface area (Å²) in [4.78, 5) is 23.3. The summed E-state index contributed by atoms with van der Waals surface area (Å²) in [5, 5.41) is 14.3. The number of piperidine rings is 1. The minimum absolute atomic E-state index is 0.00668. The first-order valence-electron chi connectivity index (χ1n) is 9.66. The number of carbonyl (C=O) groups is 1.